The highest BCUT2D eigenvalue weighted by atomic mass is 16.7. The average Bonchev–Trinajstić information content (AvgIpc) is 2.48. The lowest BCUT2D eigenvalue weighted by atomic mass is 9.79. The maximum atomic E-state index is 12.5. The summed E-state index contributed by atoms with van der Waals surface area (Å²) >= 11 is 0. The Morgan fingerprint density at radius 2 is 1.77 bits per heavy atom. The molecule has 1 fully saturated rings. The van der Waals surface area contributed by atoms with Crippen LogP contribution in [0.1, 0.15) is 67.7 Å². The van der Waals surface area contributed by atoms with Crippen LogP contribution in [-0.2, 0) is 19.0 Å². The predicted molar refractivity (Wildman–Crippen MR) is 87.5 cm³/mol. The van der Waals surface area contributed by atoms with Gasteiger partial charge in [0, 0.05) is 5.41 Å². The van der Waals surface area contributed by atoms with Crippen LogP contribution in [0.3, 0.4) is 0 Å². The van der Waals surface area contributed by atoms with Crippen LogP contribution < -0.4 is 0 Å². The van der Waals surface area contributed by atoms with Gasteiger partial charge in [-0.1, -0.05) is 34.1 Å². The van der Waals surface area contributed by atoms with Crippen molar-refractivity contribution in [2.24, 2.45) is 16.7 Å². The molecule has 0 amide bonds. The lowest BCUT2D eigenvalue weighted by molar-refractivity contribution is -0.282. The van der Waals surface area contributed by atoms with E-state index in [1.54, 1.807) is 0 Å². The highest BCUT2D eigenvalue weighted by Crippen LogP contribution is 2.34. The summed E-state index contributed by atoms with van der Waals surface area (Å²) in [4.78, 5) is 12.5. The Balaban J connectivity index is 2.57. The summed E-state index contributed by atoms with van der Waals surface area (Å²) in [6.45, 7) is 15.5. The zero-order valence-corrected chi connectivity index (χ0v) is 15.5. The molecule has 22 heavy (non-hydrogen) atoms. The fourth-order valence-electron chi connectivity index (χ4n) is 2.57. The Bertz CT molecular complexity index is 367. The minimum absolute atomic E-state index is 0.0388. The normalized spacial score (nSPS) is 24.3. The molecule has 1 saturated heterocycles. The summed E-state index contributed by atoms with van der Waals surface area (Å²) in [6, 6.07) is 0. The maximum absolute atomic E-state index is 12.5. The first-order chi connectivity index (χ1) is 10.1. The first-order valence-corrected chi connectivity index (χ1v) is 8.51. The lowest BCUT2D eigenvalue weighted by Gasteiger charge is -2.40. The van der Waals surface area contributed by atoms with Crippen molar-refractivity contribution in [3.63, 3.8) is 0 Å². The molecule has 2 atom stereocenters. The fourth-order valence-corrected chi connectivity index (χ4v) is 2.57. The standard InChI is InChI=1S/C18H34O4/c1-8-14(3)10-17(6,9-2)11-20-15(19)18(7)12-21-16(4,5)22-13-18/h14H,8-13H2,1-7H3. The summed E-state index contributed by atoms with van der Waals surface area (Å²) in [6.07, 6.45) is 3.23. The summed E-state index contributed by atoms with van der Waals surface area (Å²) in [5.41, 5.74) is -0.669. The summed E-state index contributed by atoms with van der Waals surface area (Å²) in [5.74, 6) is -0.193. The molecule has 0 radical (unpaired) electrons. The average molecular weight is 314 g/mol. The van der Waals surface area contributed by atoms with E-state index in [0.29, 0.717) is 25.7 Å². The quantitative estimate of drug-likeness (QED) is 0.662. The van der Waals surface area contributed by atoms with Gasteiger partial charge in [-0.2, -0.15) is 0 Å². The molecule has 0 aromatic heterocycles. The van der Waals surface area contributed by atoms with E-state index in [-0.39, 0.29) is 11.4 Å². The van der Waals surface area contributed by atoms with Gasteiger partial charge in [-0.15, -0.1) is 0 Å². The predicted octanol–water partition coefficient (Wildman–Crippen LogP) is 4.17. The van der Waals surface area contributed by atoms with Crippen LogP contribution in [0.2, 0.25) is 0 Å². The monoisotopic (exact) mass is 314 g/mol. The third kappa shape index (κ3) is 5.24. The van der Waals surface area contributed by atoms with E-state index in [1.807, 2.05) is 20.8 Å². The van der Waals surface area contributed by atoms with Crippen LogP contribution in [0.4, 0.5) is 0 Å². The van der Waals surface area contributed by atoms with Gasteiger partial charge in [0.15, 0.2) is 5.79 Å². The molecule has 2 unspecified atom stereocenters. The molecule has 4 nitrogen and oxygen atoms in total. The van der Waals surface area contributed by atoms with Crippen LogP contribution in [-0.4, -0.2) is 31.6 Å². The second kappa shape index (κ2) is 7.31. The Kier molecular flexibility index (Phi) is 6.46. The summed E-state index contributed by atoms with van der Waals surface area (Å²) < 4.78 is 16.9. The smallest absolute Gasteiger partial charge is 0.316 e. The third-order valence-electron chi connectivity index (χ3n) is 4.91. The van der Waals surface area contributed by atoms with Crippen LogP contribution >= 0.6 is 0 Å². The van der Waals surface area contributed by atoms with Gasteiger partial charge in [-0.3, -0.25) is 4.79 Å². The second-order valence-corrected chi connectivity index (χ2v) is 8.00. The van der Waals surface area contributed by atoms with Crippen LogP contribution in [0.5, 0.6) is 0 Å². The molecule has 0 spiro atoms. The van der Waals surface area contributed by atoms with Crippen molar-refractivity contribution in [1.29, 1.82) is 0 Å². The first kappa shape index (κ1) is 19.4. The molecule has 4 heteroatoms. The minimum Gasteiger partial charge on any atom is -0.465 e. The van der Waals surface area contributed by atoms with Gasteiger partial charge in [0.05, 0.1) is 19.8 Å². The maximum Gasteiger partial charge on any atom is 0.316 e. The van der Waals surface area contributed by atoms with E-state index >= 15 is 0 Å². The van der Waals surface area contributed by atoms with E-state index in [2.05, 4.69) is 27.7 Å². The Hall–Kier alpha value is -0.610. The second-order valence-electron chi connectivity index (χ2n) is 8.00. The zero-order chi connectivity index (χ0) is 17.0. The summed E-state index contributed by atoms with van der Waals surface area (Å²) in [5, 5.41) is 0. The van der Waals surface area contributed by atoms with Gasteiger partial charge >= 0.3 is 5.97 Å². The topological polar surface area (TPSA) is 44.8 Å². The minimum atomic E-state index is -0.708. The molecule has 0 saturated carbocycles. The van der Waals surface area contributed by atoms with E-state index in [0.717, 1.165) is 19.3 Å². The number of rotatable bonds is 7. The van der Waals surface area contributed by atoms with E-state index in [1.165, 1.54) is 0 Å². The van der Waals surface area contributed by atoms with Gasteiger partial charge in [0.1, 0.15) is 5.41 Å². The van der Waals surface area contributed by atoms with Crippen LogP contribution in [0.15, 0.2) is 0 Å². The Morgan fingerprint density at radius 3 is 2.23 bits per heavy atom. The molecule has 1 aliphatic rings. The SMILES string of the molecule is CCC(C)CC(C)(CC)COC(=O)C1(C)COC(C)(C)OC1. The lowest BCUT2D eigenvalue weighted by Crippen LogP contribution is -2.50. The Morgan fingerprint density at radius 1 is 1.23 bits per heavy atom. The molecular formula is C18H34O4. The van der Waals surface area contributed by atoms with Crippen molar-refractivity contribution in [2.45, 2.75) is 73.5 Å². The molecule has 0 bridgehead atoms. The molecule has 1 rings (SSSR count). The van der Waals surface area contributed by atoms with Gasteiger partial charge in [-0.05, 0) is 39.5 Å². The van der Waals surface area contributed by atoms with E-state index in [9.17, 15) is 4.79 Å². The summed E-state index contributed by atoms with van der Waals surface area (Å²) in [7, 11) is 0. The molecule has 0 aromatic rings. The van der Waals surface area contributed by atoms with Gasteiger partial charge in [-0.25, -0.2) is 0 Å². The van der Waals surface area contributed by atoms with E-state index in [4.69, 9.17) is 14.2 Å². The fraction of sp³-hybridized carbons (Fsp3) is 0.944. The molecule has 1 aliphatic heterocycles. The molecule has 0 N–H and O–H groups in total. The van der Waals surface area contributed by atoms with Gasteiger partial charge in [0.25, 0.3) is 0 Å². The molecule has 0 aromatic carbocycles. The van der Waals surface area contributed by atoms with Gasteiger partial charge in [0.2, 0.25) is 0 Å². The molecule has 1 heterocycles. The highest BCUT2D eigenvalue weighted by molar-refractivity contribution is 5.76. The van der Waals surface area contributed by atoms with Crippen LogP contribution in [0.25, 0.3) is 0 Å². The number of ether oxygens (including phenoxy) is 3. The molecular weight excluding hydrogens is 280 g/mol. The highest BCUT2D eigenvalue weighted by Gasteiger charge is 2.44. The van der Waals surface area contributed by atoms with Crippen molar-refractivity contribution in [2.75, 3.05) is 19.8 Å². The number of hydrogen-bond acceptors (Lipinski definition) is 4. The molecule has 0 aliphatic carbocycles. The van der Waals surface area contributed by atoms with Crippen molar-refractivity contribution in [3.8, 4) is 0 Å². The number of carbonyl (C=O) groups excluding carboxylic acids is 1. The Labute approximate surface area is 135 Å². The number of hydrogen-bond donors (Lipinski definition) is 0. The number of carbonyl (C=O) groups is 1. The van der Waals surface area contributed by atoms with Crippen molar-refractivity contribution >= 4 is 5.97 Å². The first-order valence-electron chi connectivity index (χ1n) is 8.51. The molecule has 130 valence electrons. The van der Waals surface area contributed by atoms with Crippen molar-refractivity contribution in [3.05, 3.63) is 0 Å². The van der Waals surface area contributed by atoms with Gasteiger partial charge < -0.3 is 14.2 Å². The van der Waals surface area contributed by atoms with Crippen molar-refractivity contribution < 1.29 is 19.0 Å². The number of esters is 1. The third-order valence-corrected chi connectivity index (χ3v) is 4.91. The zero-order valence-electron chi connectivity index (χ0n) is 15.5. The largest absolute Gasteiger partial charge is 0.465 e. The van der Waals surface area contributed by atoms with Crippen LogP contribution in [0, 0.1) is 16.7 Å². The van der Waals surface area contributed by atoms with E-state index < -0.39 is 11.2 Å². The van der Waals surface area contributed by atoms with Crippen molar-refractivity contribution in [1.82, 2.24) is 0 Å².